The predicted octanol–water partition coefficient (Wildman–Crippen LogP) is 4.56. The predicted molar refractivity (Wildman–Crippen MR) is 123 cm³/mol. The van der Waals surface area contributed by atoms with Crippen molar-refractivity contribution in [3.05, 3.63) is 81.2 Å². The fourth-order valence-electron chi connectivity index (χ4n) is 3.46. The van der Waals surface area contributed by atoms with E-state index in [1.807, 2.05) is 31.3 Å². The Hall–Kier alpha value is -2.87. The third-order valence-corrected chi connectivity index (χ3v) is 5.87. The summed E-state index contributed by atoms with van der Waals surface area (Å²) in [5.41, 5.74) is 10.9. The first-order valence-electron chi connectivity index (χ1n) is 9.82. The van der Waals surface area contributed by atoms with Crippen LogP contribution in [0.3, 0.4) is 0 Å². The first-order chi connectivity index (χ1) is 14.9. The second-order valence-corrected chi connectivity index (χ2v) is 8.24. The Balaban J connectivity index is 1.43. The topological polar surface area (TPSA) is 96.2 Å². The first kappa shape index (κ1) is 21.4. The van der Waals surface area contributed by atoms with Gasteiger partial charge in [-0.2, -0.15) is 0 Å². The molecular weight excluding hydrogens is 435 g/mol. The fourth-order valence-corrected chi connectivity index (χ4v) is 3.77. The third-order valence-electron chi connectivity index (χ3n) is 5.13. The quantitative estimate of drug-likeness (QED) is 0.499. The molecule has 7 nitrogen and oxygen atoms in total. The highest BCUT2D eigenvalue weighted by Gasteiger charge is 2.23. The summed E-state index contributed by atoms with van der Waals surface area (Å²) in [6.07, 6.45) is 3.65. The Morgan fingerprint density at radius 2 is 1.97 bits per heavy atom. The lowest BCUT2D eigenvalue weighted by molar-refractivity contribution is 0.188. The lowest BCUT2D eigenvalue weighted by atomic mass is 10.0. The molecule has 0 bridgehead atoms. The van der Waals surface area contributed by atoms with Gasteiger partial charge in [0, 0.05) is 36.9 Å². The van der Waals surface area contributed by atoms with Gasteiger partial charge in [-0.1, -0.05) is 29.3 Å². The molecule has 1 atom stereocenters. The van der Waals surface area contributed by atoms with E-state index in [0.29, 0.717) is 28.7 Å². The summed E-state index contributed by atoms with van der Waals surface area (Å²) in [4.78, 5) is 23.2. The number of rotatable bonds is 4. The molecule has 2 aromatic heterocycles. The van der Waals surface area contributed by atoms with Crippen LogP contribution in [0, 0.1) is 6.92 Å². The van der Waals surface area contributed by atoms with Crippen molar-refractivity contribution in [2.45, 2.75) is 26.1 Å². The van der Waals surface area contributed by atoms with Gasteiger partial charge in [-0.3, -0.25) is 4.98 Å². The molecule has 31 heavy (non-hydrogen) atoms. The van der Waals surface area contributed by atoms with E-state index >= 15 is 0 Å². The summed E-state index contributed by atoms with van der Waals surface area (Å²) in [7, 11) is 0. The summed E-state index contributed by atoms with van der Waals surface area (Å²) in [5.74, 6) is 0.721. The molecule has 4 N–H and O–H groups in total. The van der Waals surface area contributed by atoms with Crippen LogP contribution in [-0.2, 0) is 13.0 Å². The normalized spacial score (nSPS) is 14.0. The van der Waals surface area contributed by atoms with Crippen molar-refractivity contribution in [1.29, 1.82) is 0 Å². The Kier molecular flexibility index (Phi) is 6.27. The van der Waals surface area contributed by atoms with E-state index in [9.17, 15) is 4.79 Å². The fraction of sp³-hybridized carbons (Fsp3) is 0.227. The molecule has 1 aliphatic heterocycles. The van der Waals surface area contributed by atoms with Gasteiger partial charge in [0.05, 0.1) is 10.0 Å². The van der Waals surface area contributed by atoms with E-state index in [1.165, 1.54) is 0 Å². The Morgan fingerprint density at radius 1 is 1.13 bits per heavy atom. The standard InChI is InChI=1S/C22H22Cl2N6O/c1-13-8-17(4-6-26-13)28-20-10-16-12-30(7-5-15(16)11-27-20)22(31)29-21(25)14-2-3-18(23)19(24)9-14/h2-4,6,8-11,21H,5,7,12,25H2,1H3,(H,29,31)(H,26,27,28)/t21-/m0/s1. The van der Waals surface area contributed by atoms with Crippen LogP contribution in [0.15, 0.2) is 48.8 Å². The maximum atomic E-state index is 12.8. The Morgan fingerprint density at radius 3 is 2.74 bits per heavy atom. The van der Waals surface area contributed by atoms with Gasteiger partial charge in [-0.25, -0.2) is 9.78 Å². The van der Waals surface area contributed by atoms with Gasteiger partial charge in [0.2, 0.25) is 0 Å². The minimum Gasteiger partial charge on any atom is -0.340 e. The lowest BCUT2D eigenvalue weighted by Gasteiger charge is -2.30. The largest absolute Gasteiger partial charge is 0.340 e. The van der Waals surface area contributed by atoms with Gasteiger partial charge in [-0.05, 0) is 60.4 Å². The van der Waals surface area contributed by atoms with E-state index in [0.717, 1.165) is 34.7 Å². The van der Waals surface area contributed by atoms with E-state index in [4.69, 9.17) is 28.9 Å². The molecule has 9 heteroatoms. The average Bonchev–Trinajstić information content (AvgIpc) is 2.75. The van der Waals surface area contributed by atoms with Crippen molar-refractivity contribution < 1.29 is 4.79 Å². The number of nitrogens with zero attached hydrogens (tertiary/aromatic N) is 3. The maximum absolute atomic E-state index is 12.8. The molecule has 0 spiro atoms. The highest BCUT2D eigenvalue weighted by atomic mass is 35.5. The van der Waals surface area contributed by atoms with Gasteiger partial charge >= 0.3 is 6.03 Å². The van der Waals surface area contributed by atoms with Crippen LogP contribution in [0.2, 0.25) is 10.0 Å². The van der Waals surface area contributed by atoms with E-state index in [2.05, 4.69) is 20.6 Å². The molecule has 4 rings (SSSR count). The number of nitrogens with one attached hydrogen (secondary N) is 2. The molecular formula is C22H22Cl2N6O. The van der Waals surface area contributed by atoms with E-state index in [-0.39, 0.29) is 6.03 Å². The molecule has 0 saturated heterocycles. The summed E-state index contributed by atoms with van der Waals surface area (Å²) in [6.45, 7) is 3.00. The zero-order chi connectivity index (χ0) is 22.0. The van der Waals surface area contributed by atoms with Gasteiger partial charge in [0.1, 0.15) is 12.0 Å². The molecule has 0 fully saturated rings. The van der Waals surface area contributed by atoms with Crippen molar-refractivity contribution in [2.24, 2.45) is 5.73 Å². The minimum absolute atomic E-state index is 0.236. The SMILES string of the molecule is Cc1cc(Nc2cc3c(cn2)CCN(C(=O)N[C@H](N)c2ccc(Cl)c(Cl)c2)C3)ccn1. The number of pyridine rings is 2. The zero-order valence-corrected chi connectivity index (χ0v) is 18.4. The number of hydrogen-bond acceptors (Lipinski definition) is 5. The Labute approximate surface area is 190 Å². The maximum Gasteiger partial charge on any atom is 0.319 e. The van der Waals surface area contributed by atoms with Gasteiger partial charge in [0.15, 0.2) is 0 Å². The summed E-state index contributed by atoms with van der Waals surface area (Å²) >= 11 is 12.0. The number of aromatic nitrogens is 2. The van der Waals surface area contributed by atoms with Crippen LogP contribution < -0.4 is 16.4 Å². The summed E-state index contributed by atoms with van der Waals surface area (Å²) in [5, 5.41) is 6.96. The molecule has 1 aliphatic rings. The number of halogens is 2. The number of urea groups is 1. The molecule has 2 amide bonds. The minimum atomic E-state index is -0.687. The number of aryl methyl sites for hydroxylation is 1. The van der Waals surface area contributed by atoms with Crippen molar-refractivity contribution >= 4 is 40.7 Å². The smallest absolute Gasteiger partial charge is 0.319 e. The number of anilines is 2. The number of carbonyl (C=O) groups excluding carboxylic acids is 1. The first-order valence-corrected chi connectivity index (χ1v) is 10.6. The van der Waals surface area contributed by atoms with E-state index < -0.39 is 6.17 Å². The van der Waals surface area contributed by atoms with Crippen LogP contribution in [0.5, 0.6) is 0 Å². The monoisotopic (exact) mass is 456 g/mol. The number of carbonyl (C=O) groups is 1. The van der Waals surface area contributed by atoms with Crippen LogP contribution >= 0.6 is 23.2 Å². The molecule has 160 valence electrons. The highest BCUT2D eigenvalue weighted by molar-refractivity contribution is 6.42. The van der Waals surface area contributed by atoms with Crippen molar-refractivity contribution in [1.82, 2.24) is 20.2 Å². The molecule has 0 unspecified atom stereocenters. The van der Waals surface area contributed by atoms with Crippen LogP contribution in [0.25, 0.3) is 0 Å². The van der Waals surface area contributed by atoms with Crippen molar-refractivity contribution in [3.8, 4) is 0 Å². The van der Waals surface area contributed by atoms with Crippen molar-refractivity contribution in [3.63, 3.8) is 0 Å². The highest BCUT2D eigenvalue weighted by Crippen LogP contribution is 2.25. The zero-order valence-electron chi connectivity index (χ0n) is 16.9. The molecule has 0 aliphatic carbocycles. The number of hydrogen-bond donors (Lipinski definition) is 3. The van der Waals surface area contributed by atoms with Gasteiger partial charge < -0.3 is 21.3 Å². The molecule has 0 radical (unpaired) electrons. The Bertz CT molecular complexity index is 1120. The molecule has 3 heterocycles. The van der Waals surface area contributed by atoms with Crippen LogP contribution in [-0.4, -0.2) is 27.4 Å². The van der Waals surface area contributed by atoms with E-state index in [1.54, 1.807) is 29.3 Å². The van der Waals surface area contributed by atoms with Crippen molar-refractivity contribution in [2.75, 3.05) is 11.9 Å². The third kappa shape index (κ3) is 5.07. The average molecular weight is 457 g/mol. The van der Waals surface area contributed by atoms with Gasteiger partial charge in [-0.15, -0.1) is 0 Å². The molecule has 3 aromatic rings. The number of fused-ring (bicyclic) bond motifs is 1. The number of nitrogens with two attached hydrogens (primary N) is 1. The molecule has 1 aromatic carbocycles. The lowest BCUT2D eigenvalue weighted by Crippen LogP contribution is -2.46. The van der Waals surface area contributed by atoms with Crippen LogP contribution in [0.4, 0.5) is 16.3 Å². The van der Waals surface area contributed by atoms with Crippen LogP contribution in [0.1, 0.15) is 28.6 Å². The summed E-state index contributed by atoms with van der Waals surface area (Å²) in [6, 6.07) is 10.6. The molecule has 0 saturated carbocycles. The second kappa shape index (κ2) is 9.09. The number of benzene rings is 1. The summed E-state index contributed by atoms with van der Waals surface area (Å²) < 4.78 is 0. The number of amides is 2. The van der Waals surface area contributed by atoms with Gasteiger partial charge in [0.25, 0.3) is 0 Å². The second-order valence-electron chi connectivity index (χ2n) is 7.42.